The van der Waals surface area contributed by atoms with E-state index in [0.717, 1.165) is 49.0 Å². The van der Waals surface area contributed by atoms with Crippen molar-refractivity contribution in [3.8, 4) is 0 Å². The summed E-state index contributed by atoms with van der Waals surface area (Å²) in [5.74, 6) is 0. The first-order chi connectivity index (χ1) is 3.60. The van der Waals surface area contributed by atoms with Gasteiger partial charge in [0.2, 0.25) is 0 Å². The van der Waals surface area contributed by atoms with Crippen molar-refractivity contribution in [1.82, 2.24) is 0 Å². The van der Waals surface area contributed by atoms with Crippen LogP contribution in [0.1, 0.15) is 13.8 Å². The van der Waals surface area contributed by atoms with Gasteiger partial charge in [-0.05, 0) is 0 Å². The maximum absolute atomic E-state index is 2.35. The Morgan fingerprint density at radius 2 is 2.25 bits per heavy atom. The Morgan fingerprint density at radius 1 is 1.62 bits per heavy atom. The Kier molecular flexibility index (Phi) is 2.16. The number of hydrogen-bond donors (Lipinski definition) is 0. The Labute approximate surface area is 84.6 Å². The van der Waals surface area contributed by atoms with Gasteiger partial charge in [-0.1, -0.05) is 0 Å². The molecule has 0 aromatic heterocycles. The molecule has 1 atom stereocenters. The molecular weight excluding hydrogens is 123 g/mol. The summed E-state index contributed by atoms with van der Waals surface area (Å²) in [6.07, 6.45) is 6.88. The Bertz CT molecular complexity index is 152. The van der Waals surface area contributed by atoms with E-state index in [2.05, 4.69) is 32.1 Å². The van der Waals surface area contributed by atoms with Crippen molar-refractivity contribution in [3.63, 3.8) is 0 Å². The van der Waals surface area contributed by atoms with Crippen LogP contribution in [-0.2, 0) is 0 Å². The molecular formula is C7H9K. The molecule has 1 heteroatoms. The summed E-state index contributed by atoms with van der Waals surface area (Å²) < 4.78 is 0.511. The van der Waals surface area contributed by atoms with E-state index >= 15 is 0 Å². The van der Waals surface area contributed by atoms with Crippen LogP contribution in [-0.4, -0.2) is 49.0 Å². The molecule has 0 aromatic carbocycles. The van der Waals surface area contributed by atoms with Crippen molar-refractivity contribution in [3.05, 3.63) is 23.8 Å². The molecule has 0 spiro atoms. The average molecular weight is 132 g/mol. The second kappa shape index (κ2) is 2.39. The topological polar surface area (TPSA) is 0 Å². The van der Waals surface area contributed by atoms with Crippen LogP contribution in [0.25, 0.3) is 0 Å². The summed E-state index contributed by atoms with van der Waals surface area (Å²) in [4.78, 5) is 0. The summed E-state index contributed by atoms with van der Waals surface area (Å²) >= 11 is 0.897. The van der Waals surface area contributed by atoms with Crippen LogP contribution in [0.5, 0.6) is 0 Å². The van der Waals surface area contributed by atoms with E-state index in [9.17, 15) is 0 Å². The zero-order chi connectivity index (χ0) is 6.20. The molecule has 8 heavy (non-hydrogen) atoms. The fraction of sp³-hybridized carbons (Fsp3) is 0.429. The zero-order valence-corrected chi connectivity index (χ0v) is 8.86. The number of hydrogen-bond acceptors (Lipinski definition) is 0. The van der Waals surface area contributed by atoms with E-state index in [-0.39, 0.29) is 0 Å². The fourth-order valence-corrected chi connectivity index (χ4v) is 2.00. The van der Waals surface area contributed by atoms with Crippen LogP contribution >= 0.6 is 0 Å². The van der Waals surface area contributed by atoms with Gasteiger partial charge < -0.3 is 0 Å². The van der Waals surface area contributed by atoms with Crippen LogP contribution in [0, 0.1) is 0 Å². The molecule has 0 radical (unpaired) electrons. The number of rotatable bonds is 0. The van der Waals surface area contributed by atoms with Crippen molar-refractivity contribution >= 4 is 49.0 Å². The van der Waals surface area contributed by atoms with Gasteiger partial charge in [0.05, 0.1) is 0 Å². The van der Waals surface area contributed by atoms with Crippen LogP contribution in [0.3, 0.4) is 0 Å². The fourth-order valence-electron chi connectivity index (χ4n) is 1.03. The molecule has 1 aliphatic carbocycles. The predicted octanol–water partition coefficient (Wildman–Crippen LogP) is 1.85. The standard InChI is InChI=1S/C7H9.K/c1-6-3-4-7(2)5-6;/h3-5H,1-2H3;. The van der Waals surface area contributed by atoms with Crippen molar-refractivity contribution in [1.29, 1.82) is 0 Å². The molecule has 0 saturated carbocycles. The van der Waals surface area contributed by atoms with E-state index in [4.69, 9.17) is 0 Å². The van der Waals surface area contributed by atoms with Gasteiger partial charge >= 0.3 is 86.1 Å². The SMILES string of the molecule is CC1=C[C](C)([K])C=C1. The molecule has 0 heterocycles. The molecule has 0 saturated heterocycles. The molecule has 1 aliphatic rings. The molecule has 0 amide bonds. The molecule has 1 unspecified atom stereocenters. The molecule has 1 rings (SSSR count). The van der Waals surface area contributed by atoms with Gasteiger partial charge in [-0.2, -0.15) is 0 Å². The van der Waals surface area contributed by atoms with Gasteiger partial charge in [0.1, 0.15) is 0 Å². The van der Waals surface area contributed by atoms with Crippen molar-refractivity contribution in [2.24, 2.45) is 0 Å². The van der Waals surface area contributed by atoms with Crippen LogP contribution in [0.15, 0.2) is 23.8 Å². The third-order valence-corrected chi connectivity index (χ3v) is 2.35. The predicted molar refractivity (Wildman–Crippen MR) is 37.0 cm³/mol. The second-order valence-corrected chi connectivity index (χ2v) is 6.41. The Morgan fingerprint density at radius 3 is 2.38 bits per heavy atom. The first kappa shape index (κ1) is 7.23. The van der Waals surface area contributed by atoms with Gasteiger partial charge in [-0.3, -0.25) is 0 Å². The van der Waals surface area contributed by atoms with Crippen molar-refractivity contribution in [2.75, 3.05) is 0 Å². The molecule has 0 nitrogen and oxygen atoms in total. The van der Waals surface area contributed by atoms with Crippen LogP contribution in [0.4, 0.5) is 0 Å². The maximum atomic E-state index is 2.35. The minimum atomic E-state index is 0.511. The van der Waals surface area contributed by atoms with Gasteiger partial charge in [0.25, 0.3) is 0 Å². The van der Waals surface area contributed by atoms with E-state index in [1.54, 1.807) is 0 Å². The molecule has 0 bridgehead atoms. The normalized spacial score (nSPS) is 35.8. The summed E-state index contributed by atoms with van der Waals surface area (Å²) in [6, 6.07) is 0. The third kappa shape index (κ3) is 1.81. The quantitative estimate of drug-likeness (QED) is 0.441. The molecule has 0 aromatic rings. The average Bonchev–Trinajstić information content (AvgIpc) is 1.82. The summed E-state index contributed by atoms with van der Waals surface area (Å²) in [6.45, 7) is 4.45. The van der Waals surface area contributed by atoms with Gasteiger partial charge in [-0.25, -0.2) is 0 Å². The van der Waals surface area contributed by atoms with E-state index < -0.39 is 0 Å². The number of allylic oxidation sites excluding steroid dienone is 4. The van der Waals surface area contributed by atoms with E-state index in [0.29, 0.717) is -0.490 Å². The third-order valence-electron chi connectivity index (χ3n) is 1.38. The molecule has 0 aliphatic heterocycles. The molecule has 38 valence electrons. The Hall–Kier alpha value is 1.12. The molecule has 0 fully saturated rings. The summed E-state index contributed by atoms with van der Waals surface area (Å²) in [7, 11) is 0. The zero-order valence-electron chi connectivity index (χ0n) is 5.73. The van der Waals surface area contributed by atoms with Gasteiger partial charge in [0, 0.05) is 0 Å². The first-order valence-corrected chi connectivity index (χ1v) is 4.55. The van der Waals surface area contributed by atoms with Gasteiger partial charge in [0.15, 0.2) is 0 Å². The van der Waals surface area contributed by atoms with Crippen LogP contribution in [0.2, 0.25) is -0.490 Å². The second-order valence-electron chi connectivity index (χ2n) is 3.04. The van der Waals surface area contributed by atoms with E-state index in [1.165, 1.54) is 5.57 Å². The van der Waals surface area contributed by atoms with Crippen molar-refractivity contribution in [2.45, 2.75) is 13.4 Å². The Balaban J connectivity index is 2.84. The van der Waals surface area contributed by atoms with Gasteiger partial charge in [-0.15, -0.1) is 0 Å². The minimum absolute atomic E-state index is 0.511. The van der Waals surface area contributed by atoms with E-state index in [1.807, 2.05) is 0 Å². The summed E-state index contributed by atoms with van der Waals surface area (Å²) in [5, 5.41) is 0. The molecule has 0 N–H and O–H groups in total. The van der Waals surface area contributed by atoms with Crippen LogP contribution < -0.4 is 0 Å². The summed E-state index contributed by atoms with van der Waals surface area (Å²) in [5.41, 5.74) is 1.43. The van der Waals surface area contributed by atoms with Crippen molar-refractivity contribution < 1.29 is 0 Å². The monoisotopic (exact) mass is 132 g/mol. The first-order valence-electron chi connectivity index (χ1n) is 2.99.